The van der Waals surface area contributed by atoms with E-state index in [4.69, 9.17) is 0 Å². The smallest absolute Gasteiger partial charge is 0.434 e. The summed E-state index contributed by atoms with van der Waals surface area (Å²) in [7, 11) is 0. The van der Waals surface area contributed by atoms with Gasteiger partial charge in [0.15, 0.2) is 0 Å². The Morgan fingerprint density at radius 3 is 2.03 bits per heavy atom. The maximum Gasteiger partial charge on any atom is 0.434 e. The topological polar surface area (TPSA) is 63.2 Å². The van der Waals surface area contributed by atoms with Crippen molar-refractivity contribution in [2.75, 3.05) is 23.3 Å². The molecule has 0 saturated carbocycles. The van der Waals surface area contributed by atoms with E-state index in [0.29, 0.717) is 13.1 Å². The molecule has 6 nitrogen and oxygen atoms in total. The van der Waals surface area contributed by atoms with Crippen LogP contribution in [0.3, 0.4) is 0 Å². The van der Waals surface area contributed by atoms with Gasteiger partial charge in [0.1, 0.15) is 5.82 Å². The first-order chi connectivity index (χ1) is 14.0. The second-order valence-electron chi connectivity index (χ2n) is 6.50. The van der Waals surface area contributed by atoms with Crippen molar-refractivity contribution < 1.29 is 35.5 Å². The minimum atomic E-state index is -5.72. The maximum absolute atomic E-state index is 13.1. The lowest BCUT2D eigenvalue weighted by molar-refractivity contribution is -0.301. The number of rotatable bonds is 5. The van der Waals surface area contributed by atoms with Crippen LogP contribution in [0.25, 0.3) is 0 Å². The van der Waals surface area contributed by atoms with E-state index in [2.05, 4.69) is 25.0 Å². The van der Waals surface area contributed by atoms with Crippen LogP contribution in [0.4, 0.5) is 48.3 Å². The Bertz CT molecular complexity index is 837. The molecule has 0 spiro atoms. The number of benzene rings is 1. The summed E-state index contributed by atoms with van der Waals surface area (Å²) in [6, 6.07) is 3.68. The highest BCUT2D eigenvalue weighted by atomic mass is 19.4. The van der Waals surface area contributed by atoms with Gasteiger partial charge < -0.3 is 15.0 Å². The molecule has 30 heavy (non-hydrogen) atoms. The second kappa shape index (κ2) is 8.48. The van der Waals surface area contributed by atoms with Gasteiger partial charge in [-0.2, -0.15) is 41.3 Å². The molecule has 0 aliphatic carbocycles. The summed E-state index contributed by atoms with van der Waals surface area (Å²) < 4.78 is 94.4. The zero-order valence-electron chi connectivity index (χ0n) is 15.3. The molecule has 0 radical (unpaired) electrons. The van der Waals surface area contributed by atoms with E-state index in [0.717, 1.165) is 31.4 Å². The summed E-state index contributed by atoms with van der Waals surface area (Å²) in [4.78, 5) is 12.9. The molecule has 13 heteroatoms. The van der Waals surface area contributed by atoms with Crippen molar-refractivity contribution in [1.82, 2.24) is 15.0 Å². The molecule has 1 N–H and O–H groups in total. The van der Waals surface area contributed by atoms with Gasteiger partial charge >= 0.3 is 18.4 Å². The summed E-state index contributed by atoms with van der Waals surface area (Å²) in [5, 5.41) is 2.60. The predicted octanol–water partition coefficient (Wildman–Crippen LogP) is 4.62. The van der Waals surface area contributed by atoms with E-state index in [1.807, 2.05) is 0 Å². The SMILES string of the molecule is Fc1ccc(Nc2nc(OC(C(F)(F)F)C(F)(F)F)nc(N3CCCCC3)n2)cc1. The molecule has 1 fully saturated rings. The highest BCUT2D eigenvalue weighted by Gasteiger charge is 2.59. The molecule has 1 aliphatic heterocycles. The van der Waals surface area contributed by atoms with Crippen LogP contribution in [0.5, 0.6) is 6.01 Å². The monoisotopic (exact) mass is 439 g/mol. The maximum atomic E-state index is 13.1. The van der Waals surface area contributed by atoms with Crippen molar-refractivity contribution in [3.8, 4) is 6.01 Å². The van der Waals surface area contributed by atoms with Crippen LogP contribution >= 0.6 is 0 Å². The van der Waals surface area contributed by atoms with Crippen molar-refractivity contribution in [3.63, 3.8) is 0 Å². The molecule has 0 amide bonds. The van der Waals surface area contributed by atoms with Gasteiger partial charge in [-0.15, -0.1) is 0 Å². The number of ether oxygens (including phenoxy) is 1. The molecular weight excluding hydrogens is 423 g/mol. The standard InChI is InChI=1S/C17H16F7N5O/c18-10-4-6-11(7-5-10)25-13-26-14(29-8-2-1-3-9-29)28-15(27-13)30-12(16(19,20)21)17(22,23)24/h4-7,12H,1-3,8-9H2,(H,25,26,27,28). The number of nitrogens with one attached hydrogen (secondary N) is 1. The van der Waals surface area contributed by atoms with Crippen LogP contribution in [-0.4, -0.2) is 46.5 Å². The summed E-state index contributed by atoms with van der Waals surface area (Å²) in [5.41, 5.74) is 0.265. The van der Waals surface area contributed by atoms with Gasteiger partial charge in [0.2, 0.25) is 11.9 Å². The second-order valence-corrected chi connectivity index (χ2v) is 6.50. The molecule has 2 heterocycles. The zero-order chi connectivity index (χ0) is 21.9. The molecule has 0 unspecified atom stereocenters. The van der Waals surface area contributed by atoms with Crippen LogP contribution in [0.1, 0.15) is 19.3 Å². The minimum Gasteiger partial charge on any atom is -0.440 e. The average molecular weight is 439 g/mol. The lowest BCUT2D eigenvalue weighted by Gasteiger charge is -2.27. The number of piperidine rings is 1. The molecule has 1 aromatic heterocycles. The first kappa shape index (κ1) is 21.8. The number of halogens is 7. The molecule has 1 saturated heterocycles. The number of anilines is 3. The van der Waals surface area contributed by atoms with E-state index < -0.39 is 30.3 Å². The third kappa shape index (κ3) is 5.60. The summed E-state index contributed by atoms with van der Waals surface area (Å²) in [6.45, 7) is 0.947. The van der Waals surface area contributed by atoms with Gasteiger partial charge in [-0.25, -0.2) is 4.39 Å². The Hall–Kier alpha value is -2.86. The Morgan fingerprint density at radius 1 is 0.867 bits per heavy atom. The van der Waals surface area contributed by atoms with Gasteiger partial charge in [-0.1, -0.05) is 0 Å². The summed E-state index contributed by atoms with van der Waals surface area (Å²) in [5.74, 6) is -0.991. The van der Waals surface area contributed by atoms with E-state index in [1.54, 1.807) is 4.90 Å². The summed E-state index contributed by atoms with van der Waals surface area (Å²) in [6.07, 6.45) is -13.1. The Labute approximate surface area is 166 Å². The molecule has 2 aromatic rings. The van der Waals surface area contributed by atoms with Crippen LogP contribution < -0.4 is 15.0 Å². The van der Waals surface area contributed by atoms with Gasteiger partial charge in [0, 0.05) is 18.8 Å². The highest BCUT2D eigenvalue weighted by Crippen LogP contribution is 2.36. The van der Waals surface area contributed by atoms with Crippen molar-refractivity contribution in [2.45, 2.75) is 37.7 Å². The van der Waals surface area contributed by atoms with Crippen molar-refractivity contribution in [1.29, 1.82) is 0 Å². The first-order valence-electron chi connectivity index (χ1n) is 8.86. The van der Waals surface area contributed by atoms with Gasteiger partial charge in [0.25, 0.3) is 6.10 Å². The lowest BCUT2D eigenvalue weighted by atomic mass is 10.1. The molecular formula is C17H16F7N5O. The molecule has 164 valence electrons. The van der Waals surface area contributed by atoms with Crippen molar-refractivity contribution in [3.05, 3.63) is 30.1 Å². The Morgan fingerprint density at radius 2 is 1.47 bits per heavy atom. The van der Waals surface area contributed by atoms with Crippen molar-refractivity contribution in [2.24, 2.45) is 0 Å². The number of hydrogen-bond acceptors (Lipinski definition) is 6. The fourth-order valence-corrected chi connectivity index (χ4v) is 2.78. The van der Waals surface area contributed by atoms with E-state index in [9.17, 15) is 30.7 Å². The first-order valence-corrected chi connectivity index (χ1v) is 8.86. The molecule has 1 aromatic carbocycles. The zero-order valence-corrected chi connectivity index (χ0v) is 15.3. The van der Waals surface area contributed by atoms with Gasteiger partial charge in [-0.05, 0) is 43.5 Å². The normalized spacial score (nSPS) is 15.4. The quantitative estimate of drug-likeness (QED) is 0.687. The Balaban J connectivity index is 1.95. The number of aromatic nitrogens is 3. The summed E-state index contributed by atoms with van der Waals surface area (Å²) >= 11 is 0. The highest BCUT2D eigenvalue weighted by molar-refractivity contribution is 5.54. The largest absolute Gasteiger partial charge is 0.440 e. The van der Waals surface area contributed by atoms with Crippen LogP contribution in [-0.2, 0) is 0 Å². The van der Waals surface area contributed by atoms with Crippen LogP contribution in [0, 0.1) is 5.82 Å². The number of hydrogen-bond donors (Lipinski definition) is 1. The third-order valence-corrected chi connectivity index (χ3v) is 4.16. The average Bonchev–Trinajstić information content (AvgIpc) is 2.67. The molecule has 0 atom stereocenters. The van der Waals surface area contributed by atoms with Gasteiger partial charge in [-0.3, -0.25) is 0 Å². The number of alkyl halides is 6. The predicted molar refractivity (Wildman–Crippen MR) is 92.1 cm³/mol. The molecule has 3 rings (SSSR count). The van der Waals surface area contributed by atoms with Crippen LogP contribution in [0.15, 0.2) is 24.3 Å². The van der Waals surface area contributed by atoms with Gasteiger partial charge in [0.05, 0.1) is 0 Å². The van der Waals surface area contributed by atoms with E-state index in [-0.39, 0.29) is 17.6 Å². The Kier molecular flexibility index (Phi) is 6.17. The van der Waals surface area contributed by atoms with Crippen LogP contribution in [0.2, 0.25) is 0 Å². The molecule has 0 bridgehead atoms. The van der Waals surface area contributed by atoms with E-state index >= 15 is 0 Å². The van der Waals surface area contributed by atoms with E-state index in [1.165, 1.54) is 12.1 Å². The fourth-order valence-electron chi connectivity index (χ4n) is 2.78. The van der Waals surface area contributed by atoms with Crippen molar-refractivity contribution >= 4 is 17.6 Å². The molecule has 1 aliphatic rings. The lowest BCUT2D eigenvalue weighted by Crippen LogP contribution is -2.47. The third-order valence-electron chi connectivity index (χ3n) is 4.16. The fraction of sp³-hybridized carbons (Fsp3) is 0.471. The number of nitrogens with zero attached hydrogens (tertiary/aromatic N) is 4. The minimum absolute atomic E-state index is 0.118.